The molecular formula is C14H19N5OS. The number of benzene rings is 1. The molecule has 0 spiro atoms. The summed E-state index contributed by atoms with van der Waals surface area (Å²) in [7, 11) is 0. The molecule has 6 nitrogen and oxygen atoms in total. The van der Waals surface area contributed by atoms with Gasteiger partial charge in [0.05, 0.1) is 12.3 Å². The van der Waals surface area contributed by atoms with Gasteiger partial charge in [0.15, 0.2) is 5.17 Å². The van der Waals surface area contributed by atoms with Crippen LogP contribution in [0.4, 0.5) is 10.5 Å². The van der Waals surface area contributed by atoms with E-state index in [2.05, 4.69) is 27.8 Å². The van der Waals surface area contributed by atoms with Crippen LogP contribution in [0, 0.1) is 0 Å². The van der Waals surface area contributed by atoms with E-state index in [1.54, 1.807) is 18.7 Å². The fourth-order valence-electron chi connectivity index (χ4n) is 1.82. The number of carbonyl (C=O) groups excluding carboxylic acids is 1. The zero-order valence-electron chi connectivity index (χ0n) is 12.1. The zero-order chi connectivity index (χ0) is 15.2. The summed E-state index contributed by atoms with van der Waals surface area (Å²) in [6.07, 6.45) is 1.13. The van der Waals surface area contributed by atoms with Crippen LogP contribution in [0.25, 0.3) is 0 Å². The van der Waals surface area contributed by atoms with Gasteiger partial charge in [0.2, 0.25) is 0 Å². The Morgan fingerprint density at radius 2 is 2.19 bits per heavy atom. The van der Waals surface area contributed by atoms with Crippen molar-refractivity contribution in [2.45, 2.75) is 25.5 Å². The summed E-state index contributed by atoms with van der Waals surface area (Å²) in [4.78, 5) is 15.1. The van der Waals surface area contributed by atoms with Crippen molar-refractivity contribution in [1.82, 2.24) is 5.43 Å². The van der Waals surface area contributed by atoms with E-state index < -0.39 is 6.03 Å². The van der Waals surface area contributed by atoms with Crippen molar-refractivity contribution in [3.8, 4) is 0 Å². The van der Waals surface area contributed by atoms with E-state index in [9.17, 15) is 4.79 Å². The maximum Gasteiger partial charge on any atom is 0.332 e. The normalized spacial score (nSPS) is 18.3. The fraction of sp³-hybridized carbons (Fsp3) is 0.357. The molecule has 0 radical (unpaired) electrons. The molecule has 21 heavy (non-hydrogen) atoms. The minimum atomic E-state index is -0.672. The molecule has 0 bridgehead atoms. The first-order valence-corrected chi connectivity index (χ1v) is 7.64. The number of carbonyl (C=O) groups is 1. The Hall–Kier alpha value is -2.02. The standard InChI is InChI=1S/C14H19N5OS/c1-3-12-8-16-14(21-12)17-11-6-4-10(5-7-11)9(2)18-19-13(15)20/h4-7,12H,3,8H2,1-2H3,(H,16,17)(H3,15,19,20)/b18-9-/t12-/m1/s1. The molecule has 1 aromatic carbocycles. The highest BCUT2D eigenvalue weighted by atomic mass is 32.2. The van der Waals surface area contributed by atoms with Crippen LogP contribution in [0.2, 0.25) is 0 Å². The molecule has 0 aromatic heterocycles. The number of amides is 2. The summed E-state index contributed by atoms with van der Waals surface area (Å²) < 4.78 is 0. The molecule has 1 aliphatic rings. The van der Waals surface area contributed by atoms with E-state index in [0.717, 1.165) is 29.4 Å². The summed E-state index contributed by atoms with van der Waals surface area (Å²) in [5, 5.41) is 8.75. The van der Waals surface area contributed by atoms with Crippen LogP contribution in [0.3, 0.4) is 0 Å². The third kappa shape index (κ3) is 4.49. The maximum absolute atomic E-state index is 10.6. The van der Waals surface area contributed by atoms with Gasteiger partial charge in [0, 0.05) is 10.9 Å². The lowest BCUT2D eigenvalue weighted by Crippen LogP contribution is -2.25. The van der Waals surface area contributed by atoms with E-state index in [1.807, 2.05) is 24.3 Å². The van der Waals surface area contributed by atoms with Gasteiger partial charge in [-0.25, -0.2) is 10.2 Å². The van der Waals surface area contributed by atoms with Crippen LogP contribution in [-0.4, -0.2) is 28.7 Å². The molecule has 0 saturated heterocycles. The molecule has 1 aromatic rings. The van der Waals surface area contributed by atoms with Gasteiger partial charge in [-0.15, -0.1) is 0 Å². The Morgan fingerprint density at radius 3 is 2.76 bits per heavy atom. The van der Waals surface area contributed by atoms with Gasteiger partial charge in [0.25, 0.3) is 0 Å². The number of nitrogens with two attached hydrogens (primary N) is 1. The van der Waals surface area contributed by atoms with Gasteiger partial charge in [-0.1, -0.05) is 30.8 Å². The molecule has 112 valence electrons. The van der Waals surface area contributed by atoms with E-state index in [-0.39, 0.29) is 0 Å². The Bertz CT molecular complexity index is 567. The average Bonchev–Trinajstić information content (AvgIpc) is 2.93. The van der Waals surface area contributed by atoms with Gasteiger partial charge in [0.1, 0.15) is 0 Å². The predicted molar refractivity (Wildman–Crippen MR) is 89.0 cm³/mol. The molecule has 0 aliphatic carbocycles. The van der Waals surface area contributed by atoms with Crippen molar-refractivity contribution in [2.24, 2.45) is 15.8 Å². The van der Waals surface area contributed by atoms with Crippen LogP contribution in [0.5, 0.6) is 0 Å². The Morgan fingerprint density at radius 1 is 1.48 bits per heavy atom. The van der Waals surface area contributed by atoms with Gasteiger partial charge >= 0.3 is 6.03 Å². The maximum atomic E-state index is 10.6. The number of hydrazone groups is 1. The number of amidine groups is 1. The number of primary amides is 1. The number of hydrogen-bond donors (Lipinski definition) is 3. The quantitative estimate of drug-likeness (QED) is 0.589. The van der Waals surface area contributed by atoms with E-state index in [0.29, 0.717) is 11.0 Å². The molecule has 0 unspecified atom stereocenters. The first-order valence-electron chi connectivity index (χ1n) is 6.76. The minimum absolute atomic E-state index is 0.584. The topological polar surface area (TPSA) is 91.9 Å². The lowest BCUT2D eigenvalue weighted by Gasteiger charge is -2.08. The van der Waals surface area contributed by atoms with Crippen LogP contribution in [0.15, 0.2) is 34.4 Å². The summed E-state index contributed by atoms with van der Waals surface area (Å²) in [6.45, 7) is 4.86. The highest BCUT2D eigenvalue weighted by Gasteiger charge is 2.17. The van der Waals surface area contributed by atoms with Crippen molar-refractivity contribution in [1.29, 1.82) is 0 Å². The SMILES string of the molecule is CC[C@@H]1CN=C(Nc2ccc(/C(C)=N\NC(N)=O)cc2)S1. The van der Waals surface area contributed by atoms with Crippen molar-refractivity contribution in [3.63, 3.8) is 0 Å². The van der Waals surface area contributed by atoms with Crippen LogP contribution >= 0.6 is 11.8 Å². The van der Waals surface area contributed by atoms with Crippen LogP contribution in [-0.2, 0) is 0 Å². The number of urea groups is 1. The highest BCUT2D eigenvalue weighted by Crippen LogP contribution is 2.24. The molecule has 2 amide bonds. The number of nitrogens with zero attached hydrogens (tertiary/aromatic N) is 2. The summed E-state index contributed by atoms with van der Waals surface area (Å²) >= 11 is 1.78. The van der Waals surface area contributed by atoms with Crippen molar-refractivity contribution >= 4 is 34.4 Å². The van der Waals surface area contributed by atoms with Crippen LogP contribution in [0.1, 0.15) is 25.8 Å². The molecular weight excluding hydrogens is 286 g/mol. The predicted octanol–water partition coefficient (Wildman–Crippen LogP) is 2.37. The lowest BCUT2D eigenvalue weighted by atomic mass is 10.1. The Balaban J connectivity index is 1.96. The van der Waals surface area contributed by atoms with Crippen molar-refractivity contribution in [3.05, 3.63) is 29.8 Å². The third-order valence-electron chi connectivity index (χ3n) is 3.06. The molecule has 1 aliphatic heterocycles. The van der Waals surface area contributed by atoms with Gasteiger partial charge < -0.3 is 11.1 Å². The smallest absolute Gasteiger partial charge is 0.332 e. The third-order valence-corrected chi connectivity index (χ3v) is 4.33. The number of aliphatic imine (C=N–C) groups is 1. The Labute approximate surface area is 128 Å². The van der Waals surface area contributed by atoms with Gasteiger partial charge in [-0.2, -0.15) is 5.10 Å². The highest BCUT2D eigenvalue weighted by molar-refractivity contribution is 8.15. The molecule has 1 heterocycles. The van der Waals surface area contributed by atoms with Gasteiger partial charge in [-0.05, 0) is 31.0 Å². The lowest BCUT2D eigenvalue weighted by molar-refractivity contribution is 0.249. The molecule has 0 fully saturated rings. The summed E-state index contributed by atoms with van der Waals surface area (Å²) in [5.41, 5.74) is 9.79. The Kier molecular flexibility index (Phi) is 5.21. The van der Waals surface area contributed by atoms with Gasteiger partial charge in [-0.3, -0.25) is 4.99 Å². The zero-order valence-corrected chi connectivity index (χ0v) is 12.9. The second-order valence-corrected chi connectivity index (χ2v) is 5.96. The van der Waals surface area contributed by atoms with E-state index in [1.165, 1.54) is 0 Å². The largest absolute Gasteiger partial charge is 0.350 e. The van der Waals surface area contributed by atoms with Crippen molar-refractivity contribution < 1.29 is 4.79 Å². The summed E-state index contributed by atoms with van der Waals surface area (Å²) in [6, 6.07) is 7.11. The van der Waals surface area contributed by atoms with E-state index >= 15 is 0 Å². The first kappa shape index (κ1) is 15.4. The first-order chi connectivity index (χ1) is 10.1. The number of nitrogens with one attached hydrogen (secondary N) is 2. The minimum Gasteiger partial charge on any atom is -0.350 e. The second kappa shape index (κ2) is 7.12. The average molecular weight is 305 g/mol. The fourth-order valence-corrected chi connectivity index (χ4v) is 2.78. The molecule has 1 atom stereocenters. The molecule has 2 rings (SSSR count). The van der Waals surface area contributed by atoms with E-state index in [4.69, 9.17) is 5.73 Å². The summed E-state index contributed by atoms with van der Waals surface area (Å²) in [5.74, 6) is 0. The number of hydrogen-bond acceptors (Lipinski definition) is 5. The second-order valence-electron chi connectivity index (χ2n) is 4.67. The number of rotatable bonds is 4. The molecule has 0 saturated carbocycles. The van der Waals surface area contributed by atoms with Crippen LogP contribution < -0.4 is 16.5 Å². The van der Waals surface area contributed by atoms with Crippen molar-refractivity contribution in [2.75, 3.05) is 11.9 Å². The monoisotopic (exact) mass is 305 g/mol. The molecule has 7 heteroatoms. The number of thioether (sulfide) groups is 1. The number of anilines is 1. The molecule has 4 N–H and O–H groups in total.